The van der Waals surface area contributed by atoms with Gasteiger partial charge in [-0.15, -0.1) is 0 Å². The summed E-state index contributed by atoms with van der Waals surface area (Å²) in [6.07, 6.45) is 0. The predicted octanol–water partition coefficient (Wildman–Crippen LogP) is 3.40. The van der Waals surface area contributed by atoms with Crippen LogP contribution in [0.4, 0.5) is 20.2 Å². The van der Waals surface area contributed by atoms with Crippen molar-refractivity contribution in [3.63, 3.8) is 0 Å². The lowest BCUT2D eigenvalue weighted by molar-refractivity contribution is -0.116. The summed E-state index contributed by atoms with van der Waals surface area (Å²) >= 11 is 0. The number of amides is 1. The van der Waals surface area contributed by atoms with Gasteiger partial charge in [0.1, 0.15) is 17.7 Å². The van der Waals surface area contributed by atoms with Crippen molar-refractivity contribution >= 4 is 17.3 Å². The van der Waals surface area contributed by atoms with Crippen molar-refractivity contribution in [2.45, 2.75) is 13.0 Å². The van der Waals surface area contributed by atoms with E-state index >= 15 is 0 Å². The van der Waals surface area contributed by atoms with E-state index in [1.807, 2.05) is 6.07 Å². The van der Waals surface area contributed by atoms with Crippen molar-refractivity contribution in [3.05, 3.63) is 60.2 Å². The number of nitrogens with one attached hydrogen (secondary N) is 2. The SMILES string of the molecule is CC(Nc1cc(F)ccc1F)C(=O)Nc1ccccc1. The van der Waals surface area contributed by atoms with Gasteiger partial charge in [0.25, 0.3) is 0 Å². The van der Waals surface area contributed by atoms with Crippen molar-refractivity contribution in [2.75, 3.05) is 10.6 Å². The van der Waals surface area contributed by atoms with Crippen LogP contribution in [0.1, 0.15) is 6.92 Å². The van der Waals surface area contributed by atoms with Gasteiger partial charge in [0.15, 0.2) is 0 Å². The molecular weight excluding hydrogens is 262 g/mol. The van der Waals surface area contributed by atoms with E-state index in [1.165, 1.54) is 0 Å². The van der Waals surface area contributed by atoms with E-state index in [2.05, 4.69) is 10.6 Å². The van der Waals surface area contributed by atoms with Gasteiger partial charge in [0, 0.05) is 5.69 Å². The van der Waals surface area contributed by atoms with E-state index in [1.54, 1.807) is 31.2 Å². The van der Waals surface area contributed by atoms with Crippen molar-refractivity contribution in [1.82, 2.24) is 0 Å². The van der Waals surface area contributed by atoms with E-state index in [0.717, 1.165) is 18.2 Å². The fourth-order valence-electron chi connectivity index (χ4n) is 1.68. The molecule has 2 aromatic carbocycles. The Morgan fingerprint density at radius 2 is 1.80 bits per heavy atom. The molecule has 0 spiro atoms. The van der Waals surface area contributed by atoms with Gasteiger partial charge in [-0.25, -0.2) is 8.78 Å². The number of carbonyl (C=O) groups is 1. The summed E-state index contributed by atoms with van der Waals surface area (Å²) in [6, 6.07) is 11.3. The van der Waals surface area contributed by atoms with E-state index in [4.69, 9.17) is 0 Å². The lowest BCUT2D eigenvalue weighted by atomic mass is 10.2. The van der Waals surface area contributed by atoms with Crippen LogP contribution in [-0.4, -0.2) is 11.9 Å². The number of para-hydroxylation sites is 1. The van der Waals surface area contributed by atoms with Gasteiger partial charge in [-0.3, -0.25) is 4.79 Å². The molecule has 2 rings (SSSR count). The number of rotatable bonds is 4. The molecule has 1 unspecified atom stereocenters. The fraction of sp³-hybridized carbons (Fsp3) is 0.133. The van der Waals surface area contributed by atoms with Crippen LogP contribution in [0.5, 0.6) is 0 Å². The zero-order chi connectivity index (χ0) is 14.5. The first-order valence-corrected chi connectivity index (χ1v) is 6.14. The summed E-state index contributed by atoms with van der Waals surface area (Å²) in [7, 11) is 0. The molecular formula is C15H14F2N2O. The number of hydrogen-bond acceptors (Lipinski definition) is 2. The fourth-order valence-corrected chi connectivity index (χ4v) is 1.68. The summed E-state index contributed by atoms with van der Waals surface area (Å²) in [5.41, 5.74) is 0.603. The first-order valence-electron chi connectivity index (χ1n) is 6.14. The molecule has 0 aliphatic rings. The highest BCUT2D eigenvalue weighted by molar-refractivity contribution is 5.96. The molecule has 1 atom stereocenters. The van der Waals surface area contributed by atoms with Crippen LogP contribution in [0, 0.1) is 11.6 Å². The number of hydrogen-bond donors (Lipinski definition) is 2. The minimum absolute atomic E-state index is 0.0410. The Kier molecular flexibility index (Phi) is 4.30. The zero-order valence-electron chi connectivity index (χ0n) is 10.9. The van der Waals surface area contributed by atoms with Crippen LogP contribution in [0.3, 0.4) is 0 Å². The normalized spacial score (nSPS) is 11.8. The van der Waals surface area contributed by atoms with Gasteiger partial charge in [-0.05, 0) is 37.3 Å². The summed E-state index contributed by atoms with van der Waals surface area (Å²) in [5.74, 6) is -1.50. The largest absolute Gasteiger partial charge is 0.371 e. The second kappa shape index (κ2) is 6.14. The average molecular weight is 276 g/mol. The van der Waals surface area contributed by atoms with Crippen molar-refractivity contribution in [1.29, 1.82) is 0 Å². The van der Waals surface area contributed by atoms with Crippen molar-refractivity contribution in [3.8, 4) is 0 Å². The minimum Gasteiger partial charge on any atom is -0.371 e. The Hall–Kier alpha value is -2.43. The van der Waals surface area contributed by atoms with Crippen LogP contribution < -0.4 is 10.6 Å². The van der Waals surface area contributed by atoms with Gasteiger partial charge in [0.2, 0.25) is 5.91 Å². The van der Waals surface area contributed by atoms with Gasteiger partial charge >= 0.3 is 0 Å². The molecule has 0 bridgehead atoms. The molecule has 0 radical (unpaired) electrons. The summed E-state index contributed by atoms with van der Waals surface area (Å²) in [6.45, 7) is 1.57. The smallest absolute Gasteiger partial charge is 0.246 e. The molecule has 2 N–H and O–H groups in total. The number of benzene rings is 2. The molecule has 5 heteroatoms. The zero-order valence-corrected chi connectivity index (χ0v) is 10.9. The van der Waals surface area contributed by atoms with Gasteiger partial charge < -0.3 is 10.6 Å². The molecule has 0 saturated carbocycles. The third kappa shape index (κ3) is 3.54. The van der Waals surface area contributed by atoms with Crippen molar-refractivity contribution < 1.29 is 13.6 Å². The Balaban J connectivity index is 2.02. The molecule has 2 aromatic rings. The van der Waals surface area contributed by atoms with E-state index in [9.17, 15) is 13.6 Å². The molecule has 3 nitrogen and oxygen atoms in total. The summed E-state index contributed by atoms with van der Waals surface area (Å²) < 4.78 is 26.5. The Morgan fingerprint density at radius 3 is 2.50 bits per heavy atom. The van der Waals surface area contributed by atoms with Crippen LogP contribution in [0.15, 0.2) is 48.5 Å². The maximum absolute atomic E-state index is 13.5. The third-order valence-electron chi connectivity index (χ3n) is 2.74. The lowest BCUT2D eigenvalue weighted by Crippen LogP contribution is -2.32. The molecule has 0 aliphatic heterocycles. The second-order valence-corrected chi connectivity index (χ2v) is 4.35. The standard InChI is InChI=1S/C15H14F2N2O/c1-10(15(20)19-12-5-3-2-4-6-12)18-14-9-11(16)7-8-13(14)17/h2-10,18H,1H3,(H,19,20). The summed E-state index contributed by atoms with van der Waals surface area (Å²) in [4.78, 5) is 11.9. The van der Waals surface area contributed by atoms with Crippen LogP contribution >= 0.6 is 0 Å². The molecule has 20 heavy (non-hydrogen) atoms. The topological polar surface area (TPSA) is 41.1 Å². The Morgan fingerprint density at radius 1 is 1.10 bits per heavy atom. The molecule has 0 fully saturated rings. The van der Waals surface area contributed by atoms with Gasteiger partial charge in [0.05, 0.1) is 5.69 Å². The Bertz CT molecular complexity index is 602. The molecule has 1 amide bonds. The molecule has 0 aromatic heterocycles. The van der Waals surface area contributed by atoms with E-state index in [0.29, 0.717) is 5.69 Å². The first kappa shape index (κ1) is 14.0. The van der Waals surface area contributed by atoms with Crippen LogP contribution in [0.2, 0.25) is 0 Å². The first-order chi connectivity index (χ1) is 9.56. The van der Waals surface area contributed by atoms with Gasteiger partial charge in [-0.1, -0.05) is 18.2 Å². The average Bonchev–Trinajstić information content (AvgIpc) is 2.44. The van der Waals surface area contributed by atoms with Crippen LogP contribution in [-0.2, 0) is 4.79 Å². The predicted molar refractivity (Wildman–Crippen MR) is 74.5 cm³/mol. The van der Waals surface area contributed by atoms with E-state index < -0.39 is 17.7 Å². The Labute approximate surface area is 115 Å². The monoisotopic (exact) mass is 276 g/mol. The molecule has 0 heterocycles. The molecule has 0 aliphatic carbocycles. The highest BCUT2D eigenvalue weighted by atomic mass is 19.1. The second-order valence-electron chi connectivity index (χ2n) is 4.35. The van der Waals surface area contributed by atoms with Crippen LogP contribution in [0.25, 0.3) is 0 Å². The van der Waals surface area contributed by atoms with E-state index in [-0.39, 0.29) is 11.6 Å². The quantitative estimate of drug-likeness (QED) is 0.898. The highest BCUT2D eigenvalue weighted by Crippen LogP contribution is 2.16. The van der Waals surface area contributed by atoms with Crippen molar-refractivity contribution in [2.24, 2.45) is 0 Å². The maximum atomic E-state index is 13.5. The number of carbonyl (C=O) groups excluding carboxylic acids is 1. The maximum Gasteiger partial charge on any atom is 0.246 e. The lowest BCUT2D eigenvalue weighted by Gasteiger charge is -2.15. The number of anilines is 2. The molecule has 104 valence electrons. The molecule has 0 saturated heterocycles. The minimum atomic E-state index is -0.702. The third-order valence-corrected chi connectivity index (χ3v) is 2.74. The summed E-state index contributed by atoms with van der Waals surface area (Å²) in [5, 5.41) is 5.32. The van der Waals surface area contributed by atoms with Gasteiger partial charge in [-0.2, -0.15) is 0 Å². The highest BCUT2D eigenvalue weighted by Gasteiger charge is 2.15. The number of halogens is 2.